The number of carbonyl (C=O) groups is 1. The van der Waals surface area contributed by atoms with E-state index in [9.17, 15) is 17.6 Å². The van der Waals surface area contributed by atoms with E-state index in [0.717, 1.165) is 11.6 Å². The van der Waals surface area contributed by atoms with E-state index in [1.165, 1.54) is 43.3 Å². The molecule has 0 radical (unpaired) electrons. The molecule has 4 rings (SSSR count). The molecular weight excluding hydrogens is 453 g/mol. The zero-order valence-electron chi connectivity index (χ0n) is 18.3. The van der Waals surface area contributed by atoms with Crippen LogP contribution >= 0.6 is 0 Å². The Labute approximate surface area is 197 Å². The summed E-state index contributed by atoms with van der Waals surface area (Å²) in [4.78, 5) is 17.3. The van der Waals surface area contributed by atoms with Gasteiger partial charge in [-0.25, -0.2) is 12.8 Å². The molecule has 34 heavy (non-hydrogen) atoms. The van der Waals surface area contributed by atoms with Crippen LogP contribution in [0.1, 0.15) is 33.2 Å². The molecule has 0 spiro atoms. The lowest BCUT2D eigenvalue weighted by Gasteiger charge is -2.19. The molecule has 1 aromatic heterocycles. The van der Waals surface area contributed by atoms with Crippen molar-refractivity contribution in [2.45, 2.75) is 17.9 Å². The summed E-state index contributed by atoms with van der Waals surface area (Å²) in [6, 6.07) is 24.2. The molecule has 4 aromatic rings. The lowest BCUT2D eigenvalue weighted by Crippen LogP contribution is -2.29. The molecule has 1 heterocycles. The molecule has 1 atom stereocenters. The van der Waals surface area contributed by atoms with Crippen molar-refractivity contribution in [1.82, 2.24) is 10.3 Å². The van der Waals surface area contributed by atoms with Gasteiger partial charge in [-0.05, 0) is 72.6 Å². The fraction of sp³-hybridized carbons (Fsp3) is 0.0769. The van der Waals surface area contributed by atoms with Crippen LogP contribution in [0.4, 0.5) is 10.1 Å². The Morgan fingerprint density at radius 3 is 2.26 bits per heavy atom. The van der Waals surface area contributed by atoms with Crippen molar-refractivity contribution in [2.75, 3.05) is 4.72 Å². The molecule has 0 saturated carbocycles. The molecule has 2 N–H and O–H groups in total. The molecule has 1 amide bonds. The number of anilines is 1. The van der Waals surface area contributed by atoms with Crippen molar-refractivity contribution >= 4 is 21.6 Å². The standard InChI is InChI=1S/C26H22FN3O3S/c1-18-17-22(14-15-23(18)27)34(32,33)30-21-12-10-20(11-13-21)26(31)29-25(19-7-3-2-4-8-19)24-9-5-6-16-28-24/h2-17,25,30H,1H3,(H,29,31). The van der Waals surface area contributed by atoms with Crippen molar-refractivity contribution in [3.63, 3.8) is 0 Å². The molecule has 0 bridgehead atoms. The quantitative estimate of drug-likeness (QED) is 0.400. The number of hydrogen-bond acceptors (Lipinski definition) is 4. The lowest BCUT2D eigenvalue weighted by molar-refractivity contribution is 0.0942. The minimum Gasteiger partial charge on any atom is -0.340 e. The summed E-state index contributed by atoms with van der Waals surface area (Å²) in [5.41, 5.74) is 2.45. The Kier molecular flexibility index (Phi) is 6.70. The number of nitrogens with zero attached hydrogens (tertiary/aromatic N) is 1. The minimum absolute atomic E-state index is 0.0470. The van der Waals surface area contributed by atoms with E-state index < -0.39 is 21.9 Å². The third-order valence-electron chi connectivity index (χ3n) is 5.23. The Morgan fingerprint density at radius 1 is 0.912 bits per heavy atom. The van der Waals surface area contributed by atoms with E-state index in [0.29, 0.717) is 11.3 Å². The second-order valence-corrected chi connectivity index (χ2v) is 9.35. The normalized spacial score (nSPS) is 12.1. The molecule has 8 heteroatoms. The Hall–Kier alpha value is -4.04. The first kappa shape index (κ1) is 23.1. The fourth-order valence-corrected chi connectivity index (χ4v) is 4.57. The SMILES string of the molecule is Cc1cc(S(=O)(=O)Nc2ccc(C(=O)NC(c3ccccc3)c3ccccn3)cc2)ccc1F. The number of aromatic nitrogens is 1. The first-order valence-corrected chi connectivity index (χ1v) is 12.0. The van der Waals surface area contributed by atoms with Gasteiger partial charge in [-0.15, -0.1) is 0 Å². The van der Waals surface area contributed by atoms with Crippen molar-refractivity contribution in [1.29, 1.82) is 0 Å². The largest absolute Gasteiger partial charge is 0.340 e. The fourth-order valence-electron chi connectivity index (χ4n) is 3.42. The predicted molar refractivity (Wildman–Crippen MR) is 128 cm³/mol. The van der Waals surface area contributed by atoms with Crippen LogP contribution in [0.5, 0.6) is 0 Å². The second kappa shape index (κ2) is 9.84. The summed E-state index contributed by atoms with van der Waals surface area (Å²) < 4.78 is 41.2. The number of rotatable bonds is 7. The van der Waals surface area contributed by atoms with Crippen LogP contribution in [0.15, 0.2) is 102 Å². The van der Waals surface area contributed by atoms with Crippen LogP contribution in [0.2, 0.25) is 0 Å². The van der Waals surface area contributed by atoms with Gasteiger partial charge in [0, 0.05) is 17.4 Å². The number of pyridine rings is 1. The average molecular weight is 476 g/mol. The Balaban J connectivity index is 1.51. The monoisotopic (exact) mass is 475 g/mol. The molecule has 0 saturated heterocycles. The van der Waals surface area contributed by atoms with Crippen LogP contribution in [-0.2, 0) is 10.0 Å². The number of benzene rings is 3. The zero-order chi connectivity index (χ0) is 24.1. The number of nitrogens with one attached hydrogen (secondary N) is 2. The maximum atomic E-state index is 13.5. The van der Waals surface area contributed by atoms with Crippen LogP contribution in [0.3, 0.4) is 0 Å². The van der Waals surface area contributed by atoms with Gasteiger partial charge in [0.05, 0.1) is 16.6 Å². The summed E-state index contributed by atoms with van der Waals surface area (Å²) >= 11 is 0. The smallest absolute Gasteiger partial charge is 0.261 e. The number of carbonyl (C=O) groups excluding carboxylic acids is 1. The van der Waals surface area contributed by atoms with Crippen molar-refractivity contribution in [3.05, 3.63) is 125 Å². The van der Waals surface area contributed by atoms with Gasteiger partial charge in [0.15, 0.2) is 0 Å². The van der Waals surface area contributed by atoms with Gasteiger partial charge >= 0.3 is 0 Å². The van der Waals surface area contributed by atoms with Gasteiger partial charge in [-0.3, -0.25) is 14.5 Å². The average Bonchev–Trinajstić information content (AvgIpc) is 2.85. The number of hydrogen-bond donors (Lipinski definition) is 2. The number of amides is 1. The van der Waals surface area contributed by atoms with E-state index in [1.54, 1.807) is 12.3 Å². The summed E-state index contributed by atoms with van der Waals surface area (Å²) in [5, 5.41) is 3.00. The number of sulfonamides is 1. The highest BCUT2D eigenvalue weighted by molar-refractivity contribution is 7.92. The summed E-state index contributed by atoms with van der Waals surface area (Å²) in [7, 11) is -3.90. The molecular formula is C26H22FN3O3S. The van der Waals surface area contributed by atoms with E-state index in [4.69, 9.17) is 0 Å². The van der Waals surface area contributed by atoms with E-state index in [2.05, 4.69) is 15.0 Å². The van der Waals surface area contributed by atoms with Crippen LogP contribution in [-0.4, -0.2) is 19.3 Å². The molecule has 3 aromatic carbocycles. The molecule has 0 aliphatic heterocycles. The summed E-state index contributed by atoms with van der Waals surface area (Å²) in [5.74, 6) is -0.808. The van der Waals surface area contributed by atoms with E-state index >= 15 is 0 Å². The van der Waals surface area contributed by atoms with Crippen LogP contribution < -0.4 is 10.0 Å². The van der Waals surface area contributed by atoms with Crippen molar-refractivity contribution in [3.8, 4) is 0 Å². The highest BCUT2D eigenvalue weighted by atomic mass is 32.2. The van der Waals surface area contributed by atoms with E-state index in [-0.39, 0.29) is 22.1 Å². The van der Waals surface area contributed by atoms with Crippen molar-refractivity contribution < 1.29 is 17.6 Å². The first-order valence-electron chi connectivity index (χ1n) is 10.5. The Morgan fingerprint density at radius 2 is 1.62 bits per heavy atom. The highest BCUT2D eigenvalue weighted by Gasteiger charge is 2.20. The van der Waals surface area contributed by atoms with Crippen LogP contribution in [0, 0.1) is 12.7 Å². The number of halogens is 1. The van der Waals surface area contributed by atoms with Gasteiger partial charge in [0.25, 0.3) is 15.9 Å². The van der Waals surface area contributed by atoms with E-state index in [1.807, 2.05) is 42.5 Å². The maximum Gasteiger partial charge on any atom is 0.261 e. The lowest BCUT2D eigenvalue weighted by atomic mass is 10.0. The number of aryl methyl sites for hydroxylation is 1. The first-order chi connectivity index (χ1) is 16.3. The van der Waals surface area contributed by atoms with Gasteiger partial charge < -0.3 is 5.32 Å². The summed E-state index contributed by atoms with van der Waals surface area (Å²) in [6.07, 6.45) is 1.67. The zero-order valence-corrected chi connectivity index (χ0v) is 19.1. The van der Waals surface area contributed by atoms with Gasteiger partial charge in [0.2, 0.25) is 0 Å². The topological polar surface area (TPSA) is 88.2 Å². The molecule has 0 fully saturated rings. The molecule has 1 unspecified atom stereocenters. The molecule has 0 aliphatic rings. The minimum atomic E-state index is -3.90. The molecule has 172 valence electrons. The van der Waals surface area contributed by atoms with Gasteiger partial charge in [0.1, 0.15) is 5.82 Å². The third kappa shape index (κ3) is 5.29. The van der Waals surface area contributed by atoms with Gasteiger partial charge in [-0.2, -0.15) is 0 Å². The molecule has 0 aliphatic carbocycles. The highest BCUT2D eigenvalue weighted by Crippen LogP contribution is 2.22. The molecule has 6 nitrogen and oxygen atoms in total. The predicted octanol–water partition coefficient (Wildman–Crippen LogP) is 4.85. The Bertz CT molecular complexity index is 1360. The van der Waals surface area contributed by atoms with Crippen molar-refractivity contribution in [2.24, 2.45) is 0 Å². The third-order valence-corrected chi connectivity index (χ3v) is 6.61. The van der Waals surface area contributed by atoms with Crippen LogP contribution in [0.25, 0.3) is 0 Å². The maximum absolute atomic E-state index is 13.5. The van der Waals surface area contributed by atoms with Gasteiger partial charge in [-0.1, -0.05) is 36.4 Å². The second-order valence-electron chi connectivity index (χ2n) is 7.67. The summed E-state index contributed by atoms with van der Waals surface area (Å²) in [6.45, 7) is 1.50.